The van der Waals surface area contributed by atoms with Crippen LogP contribution in [0.1, 0.15) is 36.9 Å². The Morgan fingerprint density at radius 2 is 1.48 bits per heavy atom. The number of aromatic hydroxyl groups is 1. The zero-order valence-electron chi connectivity index (χ0n) is 21.7. The monoisotopic (exact) mass is 561 g/mol. The average Bonchev–Trinajstić information content (AvgIpc) is 3.41. The van der Waals surface area contributed by atoms with Gasteiger partial charge in [0.1, 0.15) is 23.9 Å². The highest BCUT2D eigenvalue weighted by Gasteiger charge is 2.31. The fourth-order valence-corrected chi connectivity index (χ4v) is 3.76. The number of amides is 3. The second kappa shape index (κ2) is 15.8. The number of aromatic amines is 1. The normalized spacial score (nSPS) is 13.8. The maximum atomic E-state index is 13.4. The van der Waals surface area contributed by atoms with Gasteiger partial charge in [-0.05, 0) is 43.5 Å². The molecule has 2 aromatic rings. The van der Waals surface area contributed by atoms with E-state index in [0.717, 1.165) is 0 Å². The molecule has 3 amide bonds. The lowest BCUT2D eigenvalue weighted by atomic mass is 10.0. The van der Waals surface area contributed by atoms with Gasteiger partial charge >= 0.3 is 11.9 Å². The van der Waals surface area contributed by atoms with E-state index in [9.17, 15) is 34.2 Å². The van der Waals surface area contributed by atoms with Gasteiger partial charge < -0.3 is 47.7 Å². The first-order chi connectivity index (χ1) is 19.0. The van der Waals surface area contributed by atoms with Crippen molar-refractivity contribution in [1.82, 2.24) is 25.9 Å². The van der Waals surface area contributed by atoms with Crippen molar-refractivity contribution in [2.45, 2.75) is 62.7 Å². The number of carboxylic acid groups (broad SMARTS) is 2. The molecule has 1 aromatic carbocycles. The lowest BCUT2D eigenvalue weighted by Crippen LogP contribution is -2.58. The molecule has 11 N–H and O–H groups in total. The molecule has 40 heavy (non-hydrogen) atoms. The number of aromatic nitrogens is 2. The highest BCUT2D eigenvalue weighted by Crippen LogP contribution is 2.12. The van der Waals surface area contributed by atoms with E-state index in [-0.39, 0.29) is 25.0 Å². The Bertz CT molecular complexity index is 1140. The van der Waals surface area contributed by atoms with Crippen molar-refractivity contribution >= 4 is 29.7 Å². The summed E-state index contributed by atoms with van der Waals surface area (Å²) in [7, 11) is 0. The minimum atomic E-state index is -1.43. The number of carbonyl (C=O) groups is 5. The number of phenols is 1. The van der Waals surface area contributed by atoms with Crippen LogP contribution in [0.3, 0.4) is 0 Å². The van der Waals surface area contributed by atoms with Crippen LogP contribution in [0.2, 0.25) is 0 Å². The molecule has 4 unspecified atom stereocenters. The zero-order valence-corrected chi connectivity index (χ0v) is 21.7. The summed E-state index contributed by atoms with van der Waals surface area (Å²) in [4.78, 5) is 68.5. The topological polar surface area (TPSA) is 263 Å². The number of nitrogens with two attached hydrogens (primary N) is 2. The first-order valence-corrected chi connectivity index (χ1v) is 12.6. The van der Waals surface area contributed by atoms with Crippen molar-refractivity contribution in [3.05, 3.63) is 48.0 Å². The molecular formula is C25H35N7O8. The van der Waals surface area contributed by atoms with E-state index in [4.69, 9.17) is 16.6 Å². The van der Waals surface area contributed by atoms with Crippen LogP contribution in [-0.2, 0) is 36.8 Å². The number of nitrogens with zero attached hydrogens (tertiary/aromatic N) is 1. The summed E-state index contributed by atoms with van der Waals surface area (Å²) in [6, 6.07) is 0.626. The molecule has 0 radical (unpaired) electrons. The summed E-state index contributed by atoms with van der Waals surface area (Å²) in [5.41, 5.74) is 12.1. The third kappa shape index (κ3) is 10.7. The van der Waals surface area contributed by atoms with Gasteiger partial charge in [0.25, 0.3) is 0 Å². The summed E-state index contributed by atoms with van der Waals surface area (Å²) >= 11 is 0. The average molecular weight is 562 g/mol. The van der Waals surface area contributed by atoms with E-state index in [1.165, 1.54) is 36.8 Å². The predicted octanol–water partition coefficient (Wildman–Crippen LogP) is -1.63. The van der Waals surface area contributed by atoms with Crippen LogP contribution in [0, 0.1) is 0 Å². The molecule has 0 fully saturated rings. The van der Waals surface area contributed by atoms with Crippen LogP contribution in [0.15, 0.2) is 36.8 Å². The van der Waals surface area contributed by atoms with Crippen molar-refractivity contribution in [3.63, 3.8) is 0 Å². The number of hydrogen-bond donors (Lipinski definition) is 9. The Kier molecular flexibility index (Phi) is 12.5. The first kappa shape index (κ1) is 31.7. The van der Waals surface area contributed by atoms with Crippen LogP contribution >= 0.6 is 0 Å². The van der Waals surface area contributed by atoms with Crippen molar-refractivity contribution in [2.24, 2.45) is 11.5 Å². The van der Waals surface area contributed by atoms with Gasteiger partial charge in [-0.2, -0.15) is 0 Å². The van der Waals surface area contributed by atoms with Gasteiger partial charge in [-0.25, -0.2) is 9.78 Å². The van der Waals surface area contributed by atoms with E-state index >= 15 is 0 Å². The molecule has 15 heteroatoms. The van der Waals surface area contributed by atoms with Gasteiger partial charge in [0.05, 0.1) is 18.8 Å². The van der Waals surface area contributed by atoms with Gasteiger partial charge in [0.2, 0.25) is 17.7 Å². The molecule has 0 aliphatic carbocycles. The summed E-state index contributed by atoms with van der Waals surface area (Å²) in [6.07, 6.45) is 3.08. The summed E-state index contributed by atoms with van der Waals surface area (Å²) in [6.45, 7) is 0.360. The molecule has 0 saturated heterocycles. The molecule has 0 saturated carbocycles. The third-order valence-electron chi connectivity index (χ3n) is 5.91. The molecule has 0 aliphatic rings. The van der Waals surface area contributed by atoms with Gasteiger partial charge in [0.15, 0.2) is 0 Å². The van der Waals surface area contributed by atoms with Gasteiger partial charge in [-0.1, -0.05) is 12.1 Å². The number of carboxylic acids is 2. The highest BCUT2D eigenvalue weighted by atomic mass is 16.4. The first-order valence-electron chi connectivity index (χ1n) is 12.6. The number of carbonyl (C=O) groups excluding carboxylic acids is 3. The third-order valence-corrected chi connectivity index (χ3v) is 5.91. The van der Waals surface area contributed by atoms with E-state index in [1.54, 1.807) is 0 Å². The highest BCUT2D eigenvalue weighted by molar-refractivity contribution is 5.95. The summed E-state index contributed by atoms with van der Waals surface area (Å²) in [5, 5.41) is 35.5. The molecule has 0 spiro atoms. The van der Waals surface area contributed by atoms with Gasteiger partial charge in [0, 0.05) is 24.7 Å². The van der Waals surface area contributed by atoms with Crippen LogP contribution in [0.5, 0.6) is 5.75 Å². The lowest BCUT2D eigenvalue weighted by Gasteiger charge is -2.25. The molecule has 218 valence electrons. The summed E-state index contributed by atoms with van der Waals surface area (Å²) in [5.74, 6) is -5.05. The maximum Gasteiger partial charge on any atom is 0.326 e. The number of unbranched alkanes of at least 4 members (excludes halogenated alkanes) is 1. The number of nitrogens with one attached hydrogen (secondary N) is 4. The Morgan fingerprint density at radius 1 is 0.875 bits per heavy atom. The Balaban J connectivity index is 2.27. The van der Waals surface area contributed by atoms with Gasteiger partial charge in [-0.3, -0.25) is 19.2 Å². The number of H-pyrrole nitrogens is 1. The molecule has 2 rings (SSSR count). The number of hydrogen-bond acceptors (Lipinski definition) is 9. The number of aliphatic carboxylic acids is 2. The van der Waals surface area contributed by atoms with E-state index < -0.39 is 60.2 Å². The number of phenolic OH excluding ortho intramolecular Hbond substituents is 1. The minimum Gasteiger partial charge on any atom is -0.508 e. The lowest BCUT2D eigenvalue weighted by molar-refractivity contribution is -0.142. The molecular weight excluding hydrogens is 526 g/mol. The quantitative estimate of drug-likeness (QED) is 0.0990. The molecule has 0 bridgehead atoms. The molecule has 0 aliphatic heterocycles. The summed E-state index contributed by atoms with van der Waals surface area (Å²) < 4.78 is 0. The van der Waals surface area contributed by atoms with E-state index in [0.29, 0.717) is 30.6 Å². The molecule has 1 aromatic heterocycles. The molecule has 15 nitrogen and oxygen atoms in total. The van der Waals surface area contributed by atoms with Crippen LogP contribution in [0.4, 0.5) is 0 Å². The van der Waals surface area contributed by atoms with Crippen molar-refractivity contribution in [1.29, 1.82) is 0 Å². The van der Waals surface area contributed by atoms with Crippen LogP contribution in [-0.4, -0.2) is 85.7 Å². The van der Waals surface area contributed by atoms with Crippen molar-refractivity contribution < 1.29 is 39.3 Å². The Morgan fingerprint density at radius 3 is 2.02 bits per heavy atom. The smallest absolute Gasteiger partial charge is 0.326 e. The van der Waals surface area contributed by atoms with Crippen LogP contribution in [0.25, 0.3) is 0 Å². The predicted molar refractivity (Wildman–Crippen MR) is 141 cm³/mol. The number of benzene rings is 1. The number of imidazole rings is 1. The van der Waals surface area contributed by atoms with E-state index in [1.807, 2.05) is 0 Å². The zero-order chi connectivity index (χ0) is 29.7. The van der Waals surface area contributed by atoms with Gasteiger partial charge in [-0.15, -0.1) is 0 Å². The van der Waals surface area contributed by atoms with Crippen molar-refractivity contribution in [3.8, 4) is 5.75 Å². The minimum absolute atomic E-state index is 0.0142. The molecule has 1 heterocycles. The Labute approximate surface area is 229 Å². The fourth-order valence-electron chi connectivity index (χ4n) is 3.76. The molecule has 4 atom stereocenters. The fraction of sp³-hybridized carbons (Fsp3) is 0.440. The standard InChI is InChI=1S/C25H35N7O8/c26-8-2-1-3-18(25(39)40)30-23(37)19(9-14-4-6-16(33)7-5-14)32-24(38)20(10-15-12-28-13-29-15)31-22(36)17(27)11-21(34)35/h4-7,12-13,17-20,33H,1-3,8-11,26-27H2,(H,28,29)(H,30,37)(H,31,36)(H,32,38)(H,34,35)(H,39,40). The second-order valence-electron chi connectivity index (χ2n) is 9.16. The second-order valence-corrected chi connectivity index (χ2v) is 9.16. The largest absolute Gasteiger partial charge is 0.508 e. The maximum absolute atomic E-state index is 13.4. The number of rotatable bonds is 17. The van der Waals surface area contributed by atoms with Crippen molar-refractivity contribution in [2.75, 3.05) is 6.54 Å². The van der Waals surface area contributed by atoms with E-state index in [2.05, 4.69) is 25.9 Å². The van der Waals surface area contributed by atoms with Crippen LogP contribution < -0.4 is 27.4 Å². The SMILES string of the molecule is NCCCCC(NC(=O)C(Cc1ccc(O)cc1)NC(=O)C(Cc1cnc[nH]1)NC(=O)C(N)CC(=O)O)C(=O)O. The Hall–Kier alpha value is -4.50.